The molecule has 2 nitrogen and oxygen atoms in total. The summed E-state index contributed by atoms with van der Waals surface area (Å²) in [6.45, 7) is 0. The third-order valence-electron chi connectivity index (χ3n) is 11.2. The highest BCUT2D eigenvalue weighted by atomic mass is 15.1. The van der Waals surface area contributed by atoms with E-state index in [-0.39, 0.29) is 6.04 Å². The predicted molar refractivity (Wildman–Crippen MR) is 198 cm³/mol. The van der Waals surface area contributed by atoms with Gasteiger partial charge in [-0.15, -0.1) is 0 Å². The molecule has 0 amide bonds. The molecule has 0 radical (unpaired) electrons. The van der Waals surface area contributed by atoms with Crippen LogP contribution in [0, 0.1) is 0 Å². The largest absolute Gasteiger partial charge is 0.308 e. The van der Waals surface area contributed by atoms with Crippen LogP contribution in [0.2, 0.25) is 0 Å². The summed E-state index contributed by atoms with van der Waals surface area (Å²) in [6.07, 6.45) is 0. The molecule has 220 valence electrons. The Morgan fingerprint density at radius 1 is 0.458 bits per heavy atom. The fourth-order valence-electron chi connectivity index (χ4n) is 9.35. The minimum absolute atomic E-state index is 0.125. The highest BCUT2D eigenvalue weighted by Crippen LogP contribution is 2.54. The van der Waals surface area contributed by atoms with E-state index in [1.807, 2.05) is 0 Å². The lowest BCUT2D eigenvalue weighted by Gasteiger charge is -2.16. The summed E-state index contributed by atoms with van der Waals surface area (Å²) in [5, 5.41) is 7.84. The van der Waals surface area contributed by atoms with Crippen LogP contribution in [0.4, 0.5) is 0 Å². The molecule has 0 saturated heterocycles. The Labute approximate surface area is 276 Å². The molecule has 0 N–H and O–H groups in total. The van der Waals surface area contributed by atoms with Crippen LogP contribution < -0.4 is 4.57 Å². The van der Waals surface area contributed by atoms with Gasteiger partial charge in [0.25, 0.3) is 0 Å². The Balaban J connectivity index is 1.27. The zero-order chi connectivity index (χ0) is 31.1. The standard InChI is InChI=1S/C46H27N2/c1-2-15-30-27(11-1)12-8-19-31(30)28-13-7-14-29(25-28)42-43-36-21-9-20-34-32-17-5-6-22-38(32)48(45(34)36)41(43)26-37-40-24-10-23-39-33-16-3-4-18-35(33)46(44(37)42)47(39)40/h1-26,46H/q+1. The molecule has 1 unspecified atom stereocenters. The van der Waals surface area contributed by atoms with Gasteiger partial charge in [-0.3, -0.25) is 0 Å². The van der Waals surface area contributed by atoms with E-state index in [0.717, 1.165) is 0 Å². The topological polar surface area (TPSA) is 8.29 Å². The molecule has 0 spiro atoms. The lowest BCUT2D eigenvalue weighted by atomic mass is 9.84. The summed E-state index contributed by atoms with van der Waals surface area (Å²) in [7, 11) is 0. The van der Waals surface area contributed by atoms with Crippen LogP contribution in [0.1, 0.15) is 17.2 Å². The molecule has 0 aliphatic carbocycles. The molecule has 48 heavy (non-hydrogen) atoms. The third kappa shape index (κ3) is 2.93. The van der Waals surface area contributed by atoms with Crippen molar-refractivity contribution >= 4 is 48.9 Å². The maximum absolute atomic E-state index is 2.60. The van der Waals surface area contributed by atoms with Crippen molar-refractivity contribution in [2.45, 2.75) is 6.04 Å². The first-order chi connectivity index (χ1) is 23.8. The fourth-order valence-corrected chi connectivity index (χ4v) is 9.35. The van der Waals surface area contributed by atoms with Gasteiger partial charge in [0, 0.05) is 50.4 Å². The van der Waals surface area contributed by atoms with E-state index in [2.05, 4.69) is 167 Å². The lowest BCUT2D eigenvalue weighted by Crippen LogP contribution is -2.36. The summed E-state index contributed by atoms with van der Waals surface area (Å²) in [4.78, 5) is 0. The summed E-state index contributed by atoms with van der Waals surface area (Å²) < 4.78 is 5.13. The number of para-hydroxylation sites is 2. The van der Waals surface area contributed by atoms with Crippen LogP contribution in [0.15, 0.2) is 158 Å². The minimum atomic E-state index is 0.125. The van der Waals surface area contributed by atoms with Gasteiger partial charge in [0.05, 0.1) is 27.7 Å². The van der Waals surface area contributed by atoms with E-state index in [1.165, 1.54) is 105 Å². The average Bonchev–Trinajstić information content (AvgIpc) is 3.87. The van der Waals surface area contributed by atoms with Gasteiger partial charge in [0.15, 0.2) is 0 Å². The van der Waals surface area contributed by atoms with Crippen LogP contribution >= 0.6 is 0 Å². The van der Waals surface area contributed by atoms with Gasteiger partial charge in [0.1, 0.15) is 0 Å². The van der Waals surface area contributed by atoms with Gasteiger partial charge in [-0.1, -0.05) is 115 Å². The maximum atomic E-state index is 2.60. The van der Waals surface area contributed by atoms with E-state index in [4.69, 9.17) is 0 Å². The van der Waals surface area contributed by atoms with Crippen molar-refractivity contribution in [3.8, 4) is 44.8 Å². The maximum Gasteiger partial charge on any atom is 0.214 e. The molecule has 5 heterocycles. The normalized spacial score (nSPS) is 14.5. The first kappa shape index (κ1) is 24.9. The number of benzene rings is 7. The second kappa shape index (κ2) is 8.76. The Bertz CT molecular complexity index is 3010. The van der Waals surface area contributed by atoms with Gasteiger partial charge in [-0.05, 0) is 57.8 Å². The highest BCUT2D eigenvalue weighted by molar-refractivity contribution is 6.27. The number of aromatic nitrogens is 2. The second-order valence-corrected chi connectivity index (χ2v) is 13.4. The zero-order valence-electron chi connectivity index (χ0n) is 26.0. The Kier molecular flexibility index (Phi) is 4.55. The van der Waals surface area contributed by atoms with Crippen molar-refractivity contribution in [3.05, 3.63) is 169 Å². The Hall–Kier alpha value is -6.25. The first-order valence-corrected chi connectivity index (χ1v) is 16.8. The van der Waals surface area contributed by atoms with Gasteiger partial charge in [-0.2, -0.15) is 4.57 Å². The molecule has 2 aliphatic rings. The summed E-state index contributed by atoms with van der Waals surface area (Å²) >= 11 is 0. The van der Waals surface area contributed by atoms with E-state index in [0.29, 0.717) is 0 Å². The van der Waals surface area contributed by atoms with Gasteiger partial charge < -0.3 is 4.40 Å². The van der Waals surface area contributed by atoms with Crippen molar-refractivity contribution < 1.29 is 4.57 Å². The molecule has 2 aliphatic heterocycles. The van der Waals surface area contributed by atoms with Gasteiger partial charge >= 0.3 is 0 Å². The number of pyridine rings is 1. The van der Waals surface area contributed by atoms with Crippen LogP contribution in [-0.4, -0.2) is 4.40 Å². The molecule has 1 atom stereocenters. The zero-order valence-corrected chi connectivity index (χ0v) is 26.0. The molecule has 12 rings (SSSR count). The van der Waals surface area contributed by atoms with E-state index in [9.17, 15) is 0 Å². The number of nitrogens with zero attached hydrogens (tertiary/aromatic N) is 2. The highest BCUT2D eigenvalue weighted by Gasteiger charge is 2.48. The summed E-state index contributed by atoms with van der Waals surface area (Å²) in [6, 6.07) is 59.0. The average molecular weight is 608 g/mol. The molecule has 0 bridgehead atoms. The molecule has 3 aromatic heterocycles. The van der Waals surface area contributed by atoms with Crippen molar-refractivity contribution in [2.24, 2.45) is 0 Å². The molecule has 7 aromatic carbocycles. The first-order valence-electron chi connectivity index (χ1n) is 16.8. The Morgan fingerprint density at radius 2 is 1.12 bits per heavy atom. The van der Waals surface area contributed by atoms with Crippen molar-refractivity contribution in [1.82, 2.24) is 4.40 Å². The van der Waals surface area contributed by atoms with Crippen LogP contribution in [0.25, 0.3) is 93.6 Å². The lowest BCUT2D eigenvalue weighted by molar-refractivity contribution is -0.672. The van der Waals surface area contributed by atoms with Crippen molar-refractivity contribution in [1.29, 1.82) is 0 Å². The quantitative estimate of drug-likeness (QED) is 0.173. The molecule has 10 aromatic rings. The fraction of sp³-hybridized carbons (Fsp3) is 0.0217. The van der Waals surface area contributed by atoms with Gasteiger partial charge in [-0.25, -0.2) is 0 Å². The summed E-state index contributed by atoms with van der Waals surface area (Å²) in [5.41, 5.74) is 17.0. The molecule has 0 saturated carbocycles. The smallest absolute Gasteiger partial charge is 0.214 e. The Morgan fingerprint density at radius 3 is 2.08 bits per heavy atom. The van der Waals surface area contributed by atoms with E-state index in [1.54, 1.807) is 0 Å². The molecule has 2 heteroatoms. The minimum Gasteiger partial charge on any atom is -0.308 e. The SMILES string of the molecule is c1cc(-c2cccc3ccccc23)cc(-c2c3c(cc4c2c2cccc5c6ccccc6n4c52)-c2cccc4[n+]2C3c2ccccc2-4)c1. The molecule has 0 fully saturated rings. The number of fused-ring (bicyclic) bond motifs is 13. The number of hydrogen-bond donors (Lipinski definition) is 0. The molecular formula is C46H27N2+. The second-order valence-electron chi connectivity index (χ2n) is 13.4. The predicted octanol–water partition coefficient (Wildman–Crippen LogP) is 11.2. The summed E-state index contributed by atoms with van der Waals surface area (Å²) in [5.74, 6) is 0. The van der Waals surface area contributed by atoms with Crippen molar-refractivity contribution in [2.75, 3.05) is 0 Å². The number of hydrogen-bond acceptors (Lipinski definition) is 0. The van der Waals surface area contributed by atoms with E-state index < -0.39 is 0 Å². The monoisotopic (exact) mass is 607 g/mol. The number of rotatable bonds is 2. The third-order valence-corrected chi connectivity index (χ3v) is 11.2. The molecular weight excluding hydrogens is 581 g/mol. The van der Waals surface area contributed by atoms with Gasteiger partial charge in [0.2, 0.25) is 17.4 Å². The van der Waals surface area contributed by atoms with Crippen LogP contribution in [-0.2, 0) is 0 Å². The van der Waals surface area contributed by atoms with Crippen LogP contribution in [0.3, 0.4) is 0 Å². The van der Waals surface area contributed by atoms with Crippen LogP contribution in [0.5, 0.6) is 0 Å². The van der Waals surface area contributed by atoms with Crippen molar-refractivity contribution in [3.63, 3.8) is 0 Å². The van der Waals surface area contributed by atoms with E-state index >= 15 is 0 Å².